The molecule has 5 heteroatoms. The molecule has 88 valence electrons. The maximum atomic E-state index is 11.9. The summed E-state index contributed by atoms with van der Waals surface area (Å²) in [6, 6.07) is 0.188. The highest BCUT2D eigenvalue weighted by atomic mass is 32.1. The highest BCUT2D eigenvalue weighted by Gasteiger charge is 2.28. The summed E-state index contributed by atoms with van der Waals surface area (Å²) in [6.07, 6.45) is 5.56. The molecule has 4 nitrogen and oxygen atoms in total. The maximum absolute atomic E-state index is 11.9. The number of rotatable bonds is 3. The number of hydrogen-bond donors (Lipinski definition) is 1. The predicted octanol–water partition coefficient (Wildman–Crippen LogP) is 1.55. The van der Waals surface area contributed by atoms with Gasteiger partial charge in [-0.05, 0) is 19.3 Å². The van der Waals surface area contributed by atoms with E-state index in [2.05, 4.69) is 4.98 Å². The molecule has 2 rings (SSSR count). The normalized spacial score (nSPS) is 21.1. The zero-order valence-electron chi connectivity index (χ0n) is 9.26. The Hall–Kier alpha value is -0.940. The van der Waals surface area contributed by atoms with Crippen LogP contribution < -0.4 is 5.73 Å². The molecule has 1 aromatic rings. The van der Waals surface area contributed by atoms with Gasteiger partial charge in [0.05, 0.1) is 6.04 Å². The minimum atomic E-state index is 0.169. The van der Waals surface area contributed by atoms with Crippen LogP contribution in [0.4, 0.5) is 0 Å². The first-order chi connectivity index (χ1) is 7.83. The minimum Gasteiger partial charge on any atom is -0.333 e. The molecular weight excluding hydrogens is 222 g/mol. The molecule has 16 heavy (non-hydrogen) atoms. The average Bonchev–Trinajstić information content (AvgIpc) is 2.83. The Kier molecular flexibility index (Phi) is 3.90. The van der Waals surface area contributed by atoms with E-state index in [1.165, 1.54) is 6.42 Å². The SMILES string of the molecule is NCCC(=O)N1CCCCC1c1nccs1. The largest absolute Gasteiger partial charge is 0.333 e. The van der Waals surface area contributed by atoms with Crippen molar-refractivity contribution < 1.29 is 4.79 Å². The zero-order valence-corrected chi connectivity index (χ0v) is 10.1. The third-order valence-corrected chi connectivity index (χ3v) is 3.79. The molecule has 1 saturated heterocycles. The highest BCUT2D eigenvalue weighted by Crippen LogP contribution is 2.32. The number of thiazole rings is 1. The molecule has 1 aromatic heterocycles. The lowest BCUT2D eigenvalue weighted by molar-refractivity contribution is -0.134. The van der Waals surface area contributed by atoms with E-state index in [0.29, 0.717) is 13.0 Å². The van der Waals surface area contributed by atoms with Gasteiger partial charge in [0.1, 0.15) is 5.01 Å². The molecule has 0 aliphatic carbocycles. The molecule has 0 saturated carbocycles. The Labute approximate surface area is 99.5 Å². The van der Waals surface area contributed by atoms with Gasteiger partial charge in [-0.3, -0.25) is 4.79 Å². The molecule has 2 heterocycles. The van der Waals surface area contributed by atoms with E-state index in [1.807, 2.05) is 10.3 Å². The standard InChI is InChI=1S/C11H17N3OS/c12-5-4-10(15)14-7-2-1-3-9(14)11-13-6-8-16-11/h6,8-9H,1-5,7,12H2. The van der Waals surface area contributed by atoms with E-state index in [9.17, 15) is 4.79 Å². The van der Waals surface area contributed by atoms with Crippen molar-refractivity contribution in [1.82, 2.24) is 9.88 Å². The Morgan fingerprint density at radius 3 is 3.19 bits per heavy atom. The summed E-state index contributed by atoms with van der Waals surface area (Å²) in [7, 11) is 0. The number of aromatic nitrogens is 1. The van der Waals surface area contributed by atoms with Gasteiger partial charge in [0, 0.05) is 31.1 Å². The second-order valence-corrected chi connectivity index (χ2v) is 4.93. The Morgan fingerprint density at radius 2 is 2.50 bits per heavy atom. The monoisotopic (exact) mass is 239 g/mol. The van der Waals surface area contributed by atoms with Crippen LogP contribution in [0.3, 0.4) is 0 Å². The van der Waals surface area contributed by atoms with E-state index < -0.39 is 0 Å². The molecule has 0 spiro atoms. The van der Waals surface area contributed by atoms with Crippen molar-refractivity contribution in [3.05, 3.63) is 16.6 Å². The average molecular weight is 239 g/mol. The van der Waals surface area contributed by atoms with Crippen LogP contribution in [0.15, 0.2) is 11.6 Å². The first-order valence-corrected chi connectivity index (χ1v) is 6.60. The molecule has 0 aromatic carbocycles. The third-order valence-electron chi connectivity index (χ3n) is 2.92. The van der Waals surface area contributed by atoms with Gasteiger partial charge in [0.25, 0.3) is 0 Å². The minimum absolute atomic E-state index is 0.169. The van der Waals surface area contributed by atoms with E-state index in [-0.39, 0.29) is 11.9 Å². The fourth-order valence-electron chi connectivity index (χ4n) is 2.15. The summed E-state index contributed by atoms with van der Waals surface area (Å²) in [6.45, 7) is 1.28. The van der Waals surface area contributed by atoms with Crippen LogP contribution in [-0.4, -0.2) is 28.9 Å². The van der Waals surface area contributed by atoms with Crippen molar-refractivity contribution in [3.63, 3.8) is 0 Å². The number of nitrogens with two attached hydrogens (primary N) is 1. The summed E-state index contributed by atoms with van der Waals surface area (Å²) >= 11 is 1.63. The fraction of sp³-hybridized carbons (Fsp3) is 0.636. The lowest BCUT2D eigenvalue weighted by Crippen LogP contribution is -2.39. The van der Waals surface area contributed by atoms with Crippen LogP contribution in [0.2, 0.25) is 0 Å². The second kappa shape index (κ2) is 5.41. The molecule has 1 unspecified atom stereocenters. The molecule has 0 bridgehead atoms. The van der Waals surface area contributed by atoms with Gasteiger partial charge >= 0.3 is 0 Å². The number of nitrogens with zero attached hydrogens (tertiary/aromatic N) is 2. The molecule has 1 amide bonds. The van der Waals surface area contributed by atoms with Gasteiger partial charge in [-0.1, -0.05) is 0 Å². The number of likely N-dealkylation sites (tertiary alicyclic amines) is 1. The second-order valence-electron chi connectivity index (χ2n) is 4.01. The summed E-state index contributed by atoms with van der Waals surface area (Å²) in [5.41, 5.74) is 5.44. The van der Waals surface area contributed by atoms with E-state index in [0.717, 1.165) is 24.4 Å². The number of piperidine rings is 1. The quantitative estimate of drug-likeness (QED) is 0.870. The lowest BCUT2D eigenvalue weighted by atomic mass is 10.0. The first-order valence-electron chi connectivity index (χ1n) is 5.72. The van der Waals surface area contributed by atoms with Gasteiger partial charge in [-0.25, -0.2) is 4.98 Å². The molecule has 0 radical (unpaired) electrons. The zero-order chi connectivity index (χ0) is 11.4. The van der Waals surface area contributed by atoms with E-state index >= 15 is 0 Å². The number of carbonyl (C=O) groups is 1. The van der Waals surface area contributed by atoms with Crippen LogP contribution >= 0.6 is 11.3 Å². The van der Waals surface area contributed by atoms with Gasteiger partial charge in [-0.15, -0.1) is 11.3 Å². The van der Waals surface area contributed by atoms with Gasteiger partial charge < -0.3 is 10.6 Å². The topological polar surface area (TPSA) is 59.2 Å². The fourth-order valence-corrected chi connectivity index (χ4v) is 2.94. The Balaban J connectivity index is 2.11. The molecule has 1 fully saturated rings. The molecular formula is C11H17N3OS. The smallest absolute Gasteiger partial charge is 0.224 e. The van der Waals surface area contributed by atoms with Crippen molar-refractivity contribution in [2.75, 3.05) is 13.1 Å². The van der Waals surface area contributed by atoms with Crippen LogP contribution in [0.5, 0.6) is 0 Å². The van der Waals surface area contributed by atoms with Crippen LogP contribution in [0.25, 0.3) is 0 Å². The Bertz CT molecular complexity index is 339. The van der Waals surface area contributed by atoms with Crippen molar-refractivity contribution in [3.8, 4) is 0 Å². The summed E-state index contributed by atoms with van der Waals surface area (Å²) in [5.74, 6) is 0.169. The third kappa shape index (κ3) is 2.41. The molecule has 1 aliphatic rings. The van der Waals surface area contributed by atoms with E-state index in [4.69, 9.17) is 5.73 Å². The summed E-state index contributed by atoms with van der Waals surface area (Å²) in [5, 5.41) is 3.03. The number of carbonyl (C=O) groups excluding carboxylic acids is 1. The maximum Gasteiger partial charge on any atom is 0.224 e. The van der Waals surface area contributed by atoms with Crippen molar-refractivity contribution in [2.24, 2.45) is 5.73 Å². The van der Waals surface area contributed by atoms with Crippen molar-refractivity contribution in [1.29, 1.82) is 0 Å². The van der Waals surface area contributed by atoms with Gasteiger partial charge in [-0.2, -0.15) is 0 Å². The highest BCUT2D eigenvalue weighted by molar-refractivity contribution is 7.09. The van der Waals surface area contributed by atoms with Crippen molar-refractivity contribution >= 4 is 17.2 Å². The first kappa shape index (κ1) is 11.5. The molecule has 2 N–H and O–H groups in total. The predicted molar refractivity (Wildman–Crippen MR) is 64.1 cm³/mol. The molecule has 1 atom stereocenters. The van der Waals surface area contributed by atoms with Gasteiger partial charge in [0.2, 0.25) is 5.91 Å². The lowest BCUT2D eigenvalue weighted by Gasteiger charge is -2.34. The number of hydrogen-bond acceptors (Lipinski definition) is 4. The Morgan fingerprint density at radius 1 is 1.62 bits per heavy atom. The number of amides is 1. The van der Waals surface area contributed by atoms with E-state index in [1.54, 1.807) is 17.5 Å². The summed E-state index contributed by atoms with van der Waals surface area (Å²) < 4.78 is 0. The van der Waals surface area contributed by atoms with Crippen LogP contribution in [-0.2, 0) is 4.79 Å². The van der Waals surface area contributed by atoms with Crippen LogP contribution in [0.1, 0.15) is 36.7 Å². The molecule has 1 aliphatic heterocycles. The van der Waals surface area contributed by atoms with Crippen molar-refractivity contribution in [2.45, 2.75) is 31.7 Å². The van der Waals surface area contributed by atoms with Crippen LogP contribution in [0, 0.1) is 0 Å². The summed E-state index contributed by atoms with van der Waals surface area (Å²) in [4.78, 5) is 18.2. The van der Waals surface area contributed by atoms with Gasteiger partial charge in [0.15, 0.2) is 0 Å².